The lowest BCUT2D eigenvalue weighted by Crippen LogP contribution is -1.93. The zero-order chi connectivity index (χ0) is 59.7. The van der Waals surface area contributed by atoms with Gasteiger partial charge in [-0.3, -0.25) is 0 Å². The molecule has 0 saturated carbocycles. The molecule has 0 bridgehead atoms. The van der Waals surface area contributed by atoms with E-state index in [0.29, 0.717) is 0 Å². The van der Waals surface area contributed by atoms with Gasteiger partial charge in [0.1, 0.15) is 0 Å². The average molecular weight is 1150 g/mol. The summed E-state index contributed by atoms with van der Waals surface area (Å²) in [5, 5.41) is 17.3. The van der Waals surface area contributed by atoms with E-state index in [9.17, 15) is 0 Å². The summed E-state index contributed by atoms with van der Waals surface area (Å²) < 4.78 is 4.71. The zero-order valence-electron chi connectivity index (χ0n) is 49.4. The highest BCUT2D eigenvalue weighted by molar-refractivity contribution is 6.12. The molecule has 0 aliphatic heterocycles. The number of rotatable bonds is 11. The largest absolute Gasteiger partial charge is 0.356 e. The van der Waals surface area contributed by atoms with Gasteiger partial charge in [-0.2, -0.15) is 0 Å². The summed E-state index contributed by atoms with van der Waals surface area (Å²) in [7, 11) is 0. The van der Waals surface area contributed by atoms with E-state index in [1.807, 2.05) is 0 Å². The lowest BCUT2D eigenvalue weighted by molar-refractivity contribution is 1.18. The average Bonchev–Trinajstić information content (AvgIpc) is 1.67. The van der Waals surface area contributed by atoms with Gasteiger partial charge in [0.05, 0.1) is 22.1 Å². The lowest BCUT2D eigenvalue weighted by atomic mass is 9.96. The van der Waals surface area contributed by atoms with Crippen LogP contribution < -0.4 is 10.6 Å². The Kier molecular flexibility index (Phi) is 13.9. The summed E-state index contributed by atoms with van der Waals surface area (Å²) in [5.74, 6) is 0. The molecule has 90 heavy (non-hydrogen) atoms. The highest BCUT2D eigenvalue weighted by Crippen LogP contribution is 2.39. The maximum absolute atomic E-state index is 3.58. The molecular formula is C86H60N4. The van der Waals surface area contributed by atoms with Crippen LogP contribution in [0.3, 0.4) is 0 Å². The molecule has 4 nitrogen and oxygen atoms in total. The lowest BCUT2D eigenvalue weighted by Gasteiger charge is -2.11. The third kappa shape index (κ3) is 10.3. The van der Waals surface area contributed by atoms with Gasteiger partial charge in [0.2, 0.25) is 0 Å². The van der Waals surface area contributed by atoms with Crippen LogP contribution in [0.5, 0.6) is 0 Å². The fourth-order valence-electron chi connectivity index (χ4n) is 13.1. The molecule has 424 valence electrons. The molecule has 2 aromatic heterocycles. The quantitative estimate of drug-likeness (QED) is 0.135. The summed E-state index contributed by atoms with van der Waals surface area (Å²) in [6.07, 6.45) is 0. The molecule has 0 radical (unpaired) electrons. The highest BCUT2D eigenvalue weighted by atomic mass is 15.0. The first-order valence-electron chi connectivity index (χ1n) is 30.8. The molecule has 0 unspecified atom stereocenters. The SMILES string of the molecule is c1ccc(-n2c3ccccc3c3cc(-c4ccc(Nc5ccc(-c6ccc(-c7cccc8ccccc78)cc6)cc5)cc4)ccc32)cc1.c1ccc(-n2c3ccccc3c3cc(-c4ccc(Nc5ccc(-c6cccc7ccccc67)cc5)cc4)ccc32)cc1. The second kappa shape index (κ2) is 23.4. The van der Waals surface area contributed by atoms with Crippen molar-refractivity contribution >= 4 is 87.9 Å². The zero-order valence-corrected chi connectivity index (χ0v) is 49.4. The maximum Gasteiger partial charge on any atom is 0.0541 e. The molecule has 4 heteroatoms. The molecule has 0 spiro atoms. The first kappa shape index (κ1) is 53.5. The van der Waals surface area contributed by atoms with Crippen molar-refractivity contribution in [1.29, 1.82) is 0 Å². The minimum absolute atomic E-state index is 1.06. The van der Waals surface area contributed by atoms with Crippen molar-refractivity contribution in [2.24, 2.45) is 0 Å². The predicted octanol–water partition coefficient (Wildman–Crippen LogP) is 23.7. The van der Waals surface area contributed by atoms with Gasteiger partial charge in [-0.1, -0.05) is 243 Å². The number of hydrogen-bond acceptors (Lipinski definition) is 2. The van der Waals surface area contributed by atoms with Crippen LogP contribution in [0, 0.1) is 0 Å². The number of aromatic nitrogens is 2. The van der Waals surface area contributed by atoms with Crippen LogP contribution in [-0.4, -0.2) is 9.13 Å². The normalized spacial score (nSPS) is 11.3. The van der Waals surface area contributed by atoms with E-state index >= 15 is 0 Å². The van der Waals surface area contributed by atoms with Crippen LogP contribution in [0.25, 0.3) is 132 Å². The molecule has 0 aliphatic carbocycles. The summed E-state index contributed by atoms with van der Waals surface area (Å²) in [6, 6.07) is 126. The van der Waals surface area contributed by atoms with Crippen molar-refractivity contribution in [3.05, 3.63) is 352 Å². The van der Waals surface area contributed by atoms with Crippen molar-refractivity contribution in [2.75, 3.05) is 10.6 Å². The first-order valence-corrected chi connectivity index (χ1v) is 30.8. The molecule has 17 aromatic rings. The molecule has 0 amide bonds. The van der Waals surface area contributed by atoms with Gasteiger partial charge in [-0.05, 0) is 186 Å². The van der Waals surface area contributed by atoms with E-state index in [-0.39, 0.29) is 0 Å². The number of fused-ring (bicyclic) bond motifs is 8. The third-order valence-electron chi connectivity index (χ3n) is 17.6. The third-order valence-corrected chi connectivity index (χ3v) is 17.6. The van der Waals surface area contributed by atoms with Crippen LogP contribution in [0.2, 0.25) is 0 Å². The minimum Gasteiger partial charge on any atom is -0.356 e. The molecule has 15 aromatic carbocycles. The van der Waals surface area contributed by atoms with Crippen LogP contribution >= 0.6 is 0 Å². The summed E-state index contributed by atoms with van der Waals surface area (Å²) in [6.45, 7) is 0. The number of para-hydroxylation sites is 4. The molecule has 2 heterocycles. The standard InChI is InChI=1S/C46H32N2.C40H28N2/c1-2-11-40(12-3-1)48-45-16-7-6-14-43(45)44-31-37(25-30-46(44)48)34-23-28-39(29-24-34)47-38-26-21-33(22-27-38)32-17-19-36(20-18-32)42-15-8-10-35-9-4-5-13-41(35)42;1-2-11-34(12-3-1)42-39-16-7-6-14-37(39)38-27-31(21-26-40(38)42)28-17-22-32(23-18-28)41-33-24-19-30(20-25-33)36-15-8-10-29-9-4-5-13-35(29)36/h1-31,47H;1-27,41H. The van der Waals surface area contributed by atoms with Gasteiger partial charge < -0.3 is 19.8 Å². The molecule has 0 atom stereocenters. The summed E-state index contributed by atoms with van der Waals surface area (Å²) in [4.78, 5) is 0. The Morgan fingerprint density at radius 3 is 0.856 bits per heavy atom. The Bertz CT molecular complexity index is 5400. The molecular weight excluding hydrogens is 1090 g/mol. The molecule has 2 N–H and O–H groups in total. The van der Waals surface area contributed by atoms with Gasteiger partial charge in [0.25, 0.3) is 0 Å². The molecule has 0 saturated heterocycles. The molecule has 0 fully saturated rings. The van der Waals surface area contributed by atoms with Gasteiger partial charge in [0.15, 0.2) is 0 Å². The summed E-state index contributed by atoms with van der Waals surface area (Å²) >= 11 is 0. The highest BCUT2D eigenvalue weighted by Gasteiger charge is 2.16. The van der Waals surface area contributed by atoms with E-state index in [4.69, 9.17) is 0 Å². The first-order chi connectivity index (χ1) is 44.6. The fourth-order valence-corrected chi connectivity index (χ4v) is 13.1. The van der Waals surface area contributed by atoms with Gasteiger partial charge >= 0.3 is 0 Å². The van der Waals surface area contributed by atoms with E-state index < -0.39 is 0 Å². The van der Waals surface area contributed by atoms with Crippen LogP contribution in [-0.2, 0) is 0 Å². The van der Waals surface area contributed by atoms with E-state index in [1.165, 1.54) is 132 Å². The number of nitrogens with one attached hydrogen (secondary N) is 2. The minimum atomic E-state index is 1.06. The van der Waals surface area contributed by atoms with Crippen molar-refractivity contribution in [3.8, 4) is 67.0 Å². The van der Waals surface area contributed by atoms with Crippen molar-refractivity contribution in [3.63, 3.8) is 0 Å². The number of anilines is 4. The van der Waals surface area contributed by atoms with Gasteiger partial charge in [-0.25, -0.2) is 0 Å². The second-order valence-corrected chi connectivity index (χ2v) is 23.0. The summed E-state index contributed by atoms with van der Waals surface area (Å²) in [5.41, 5.74) is 23.7. The van der Waals surface area contributed by atoms with E-state index in [0.717, 1.165) is 22.7 Å². The topological polar surface area (TPSA) is 33.9 Å². The number of benzene rings is 15. The smallest absolute Gasteiger partial charge is 0.0541 e. The van der Waals surface area contributed by atoms with E-state index in [1.54, 1.807) is 0 Å². The fraction of sp³-hybridized carbons (Fsp3) is 0. The van der Waals surface area contributed by atoms with Crippen molar-refractivity contribution < 1.29 is 0 Å². The monoisotopic (exact) mass is 1150 g/mol. The van der Waals surface area contributed by atoms with Crippen LogP contribution in [0.15, 0.2) is 352 Å². The Morgan fingerprint density at radius 2 is 0.456 bits per heavy atom. The molecule has 0 aliphatic rings. The van der Waals surface area contributed by atoms with Crippen molar-refractivity contribution in [2.45, 2.75) is 0 Å². The van der Waals surface area contributed by atoms with E-state index in [2.05, 4.69) is 372 Å². The molecule has 17 rings (SSSR count). The van der Waals surface area contributed by atoms with Gasteiger partial charge in [0, 0.05) is 55.7 Å². The van der Waals surface area contributed by atoms with Crippen molar-refractivity contribution in [1.82, 2.24) is 9.13 Å². The van der Waals surface area contributed by atoms with Crippen LogP contribution in [0.4, 0.5) is 22.7 Å². The maximum atomic E-state index is 3.58. The second-order valence-electron chi connectivity index (χ2n) is 23.0. The Labute approximate surface area is 523 Å². The number of nitrogens with zero attached hydrogens (tertiary/aromatic N) is 2. The van der Waals surface area contributed by atoms with Crippen LogP contribution in [0.1, 0.15) is 0 Å². The van der Waals surface area contributed by atoms with Gasteiger partial charge in [-0.15, -0.1) is 0 Å². The number of hydrogen-bond donors (Lipinski definition) is 2. The predicted molar refractivity (Wildman–Crippen MR) is 383 cm³/mol. The Morgan fingerprint density at radius 1 is 0.178 bits per heavy atom. The Hall–Kier alpha value is -12.0. The Balaban J connectivity index is 0.000000145.